The van der Waals surface area contributed by atoms with Crippen molar-refractivity contribution >= 4 is 28.5 Å². The highest BCUT2D eigenvalue weighted by Gasteiger charge is 2.00. The average Bonchev–Trinajstić information content (AvgIpc) is 1.82. The fraction of sp³-hybridized carbons (Fsp3) is 0.200. The zero-order chi connectivity index (χ0) is 7.72. The van der Waals surface area contributed by atoms with Gasteiger partial charge in [-0.3, -0.25) is 9.78 Å². The number of aromatic nitrogens is 2. The van der Waals surface area contributed by atoms with Gasteiger partial charge in [0, 0.05) is 0 Å². The summed E-state index contributed by atoms with van der Waals surface area (Å²) in [7, 11) is 0. The Labute approximate surface area is 71.0 Å². The molecule has 0 bridgehead atoms. The van der Waals surface area contributed by atoms with Crippen LogP contribution in [-0.2, 0) is 0 Å². The predicted molar refractivity (Wildman–Crippen MR) is 46.7 cm³/mol. The van der Waals surface area contributed by atoms with Crippen molar-refractivity contribution in [2.75, 3.05) is 5.73 Å². The van der Waals surface area contributed by atoms with E-state index in [9.17, 15) is 4.79 Å². The van der Waals surface area contributed by atoms with E-state index in [1.807, 2.05) is 22.6 Å². The molecule has 1 aromatic rings. The van der Waals surface area contributed by atoms with E-state index >= 15 is 0 Å². The molecular formula is C5H6IN3O. The Morgan fingerprint density at radius 3 is 2.80 bits per heavy atom. The Morgan fingerprint density at radius 2 is 2.30 bits per heavy atom. The molecule has 0 aliphatic heterocycles. The van der Waals surface area contributed by atoms with Crippen LogP contribution >= 0.6 is 22.6 Å². The molecule has 1 heterocycles. The molecule has 1 rings (SSSR count). The highest BCUT2D eigenvalue weighted by molar-refractivity contribution is 14.1. The van der Waals surface area contributed by atoms with Crippen LogP contribution in [0.1, 0.15) is 5.69 Å². The Hall–Kier alpha value is -0.590. The number of nitrogen functional groups attached to an aromatic ring is 1. The highest BCUT2D eigenvalue weighted by atomic mass is 127. The molecule has 10 heavy (non-hydrogen) atoms. The Morgan fingerprint density at radius 1 is 1.70 bits per heavy atom. The fourth-order valence-electron chi connectivity index (χ4n) is 0.593. The fourth-order valence-corrected chi connectivity index (χ4v) is 0.849. The lowest BCUT2D eigenvalue weighted by Crippen LogP contribution is -2.15. The molecule has 0 spiro atoms. The summed E-state index contributed by atoms with van der Waals surface area (Å²) in [4.78, 5) is 17.1. The smallest absolute Gasteiger partial charge is 0.265 e. The first-order chi connectivity index (χ1) is 4.61. The summed E-state index contributed by atoms with van der Waals surface area (Å²) >= 11 is 1.92. The quantitative estimate of drug-likeness (QED) is 0.650. The minimum Gasteiger partial charge on any atom is -0.369 e. The summed E-state index contributed by atoms with van der Waals surface area (Å²) in [5.74, 6) is 0.169. The van der Waals surface area contributed by atoms with E-state index in [4.69, 9.17) is 5.73 Å². The lowest BCUT2D eigenvalue weighted by molar-refractivity contribution is 1.06. The molecule has 0 atom stereocenters. The first kappa shape index (κ1) is 7.52. The summed E-state index contributed by atoms with van der Waals surface area (Å²) in [5, 5.41) is 0. The van der Waals surface area contributed by atoms with Crippen molar-refractivity contribution in [2.24, 2.45) is 0 Å². The molecule has 3 N–H and O–H groups in total. The van der Waals surface area contributed by atoms with E-state index in [1.54, 1.807) is 6.92 Å². The van der Waals surface area contributed by atoms with Crippen LogP contribution in [0.4, 0.5) is 5.95 Å². The van der Waals surface area contributed by atoms with Crippen molar-refractivity contribution in [2.45, 2.75) is 6.92 Å². The second-order valence-electron chi connectivity index (χ2n) is 1.85. The lowest BCUT2D eigenvalue weighted by atomic mass is 10.4. The van der Waals surface area contributed by atoms with E-state index in [-0.39, 0.29) is 11.5 Å². The van der Waals surface area contributed by atoms with Gasteiger partial charge in [-0.15, -0.1) is 0 Å². The minimum absolute atomic E-state index is 0.169. The van der Waals surface area contributed by atoms with Crippen molar-refractivity contribution < 1.29 is 0 Å². The van der Waals surface area contributed by atoms with Gasteiger partial charge in [-0.05, 0) is 29.5 Å². The Bertz CT molecular complexity index is 306. The molecule has 0 saturated carbocycles. The highest BCUT2D eigenvalue weighted by Crippen LogP contribution is 2.01. The maximum absolute atomic E-state index is 10.9. The first-order valence-electron chi connectivity index (χ1n) is 2.63. The van der Waals surface area contributed by atoms with Gasteiger partial charge < -0.3 is 5.73 Å². The van der Waals surface area contributed by atoms with Crippen LogP contribution in [0.15, 0.2) is 4.79 Å². The standard InChI is InChI=1S/C5H6IN3O/c1-2-3(6)4(10)9-5(7)8-2/h1H3,(H3,7,8,9,10). The maximum atomic E-state index is 10.9. The molecule has 5 heteroatoms. The number of anilines is 1. The number of aromatic amines is 1. The molecule has 54 valence electrons. The van der Waals surface area contributed by atoms with Gasteiger partial charge in [0.2, 0.25) is 5.95 Å². The largest absolute Gasteiger partial charge is 0.369 e. The van der Waals surface area contributed by atoms with Crippen LogP contribution in [0.25, 0.3) is 0 Å². The summed E-state index contributed by atoms with van der Waals surface area (Å²) in [6, 6.07) is 0. The van der Waals surface area contributed by atoms with Crippen molar-refractivity contribution in [1.82, 2.24) is 9.97 Å². The number of rotatable bonds is 0. The van der Waals surface area contributed by atoms with E-state index in [0.29, 0.717) is 9.26 Å². The van der Waals surface area contributed by atoms with E-state index in [1.165, 1.54) is 0 Å². The van der Waals surface area contributed by atoms with Crippen LogP contribution < -0.4 is 11.3 Å². The second kappa shape index (κ2) is 2.57. The normalized spacial score (nSPS) is 9.80. The number of nitrogens with two attached hydrogens (primary N) is 1. The summed E-state index contributed by atoms with van der Waals surface area (Å²) in [5.41, 5.74) is 5.75. The van der Waals surface area contributed by atoms with E-state index < -0.39 is 0 Å². The molecule has 0 aliphatic rings. The van der Waals surface area contributed by atoms with Crippen molar-refractivity contribution in [1.29, 1.82) is 0 Å². The van der Waals surface area contributed by atoms with Gasteiger partial charge in [0.1, 0.15) is 0 Å². The summed E-state index contributed by atoms with van der Waals surface area (Å²) in [6.45, 7) is 1.74. The van der Waals surface area contributed by atoms with Crippen LogP contribution in [0.5, 0.6) is 0 Å². The summed E-state index contributed by atoms with van der Waals surface area (Å²) < 4.78 is 0.590. The SMILES string of the molecule is Cc1nc(N)[nH]c(=O)c1I. The predicted octanol–water partition coefficient (Wildman–Crippen LogP) is 0.265. The van der Waals surface area contributed by atoms with Crippen LogP contribution in [-0.4, -0.2) is 9.97 Å². The molecule has 0 amide bonds. The second-order valence-corrected chi connectivity index (χ2v) is 2.93. The zero-order valence-corrected chi connectivity index (χ0v) is 7.47. The molecule has 0 radical (unpaired) electrons. The van der Waals surface area contributed by atoms with Gasteiger partial charge in [-0.1, -0.05) is 0 Å². The van der Waals surface area contributed by atoms with Gasteiger partial charge in [0.05, 0.1) is 9.26 Å². The molecule has 0 fully saturated rings. The lowest BCUT2D eigenvalue weighted by Gasteiger charge is -1.95. The van der Waals surface area contributed by atoms with Gasteiger partial charge in [-0.2, -0.15) is 0 Å². The third-order valence-corrected chi connectivity index (χ3v) is 2.32. The van der Waals surface area contributed by atoms with Crippen LogP contribution in [0.3, 0.4) is 0 Å². The number of H-pyrrole nitrogens is 1. The number of hydrogen-bond donors (Lipinski definition) is 2. The monoisotopic (exact) mass is 251 g/mol. The first-order valence-corrected chi connectivity index (χ1v) is 3.71. The van der Waals surface area contributed by atoms with Crippen molar-refractivity contribution in [3.8, 4) is 0 Å². The molecule has 0 aromatic carbocycles. The van der Waals surface area contributed by atoms with E-state index in [0.717, 1.165) is 0 Å². The van der Waals surface area contributed by atoms with Gasteiger partial charge >= 0.3 is 0 Å². The molecule has 0 saturated heterocycles. The Kier molecular flexibility index (Phi) is 1.93. The third-order valence-electron chi connectivity index (χ3n) is 1.05. The molecule has 1 aromatic heterocycles. The minimum atomic E-state index is -0.175. The number of nitrogens with zero attached hydrogens (tertiary/aromatic N) is 1. The van der Waals surface area contributed by atoms with Crippen molar-refractivity contribution in [3.63, 3.8) is 0 Å². The number of hydrogen-bond acceptors (Lipinski definition) is 3. The number of aryl methyl sites for hydroxylation is 1. The third kappa shape index (κ3) is 1.28. The Balaban J connectivity index is 3.46. The average molecular weight is 251 g/mol. The zero-order valence-electron chi connectivity index (χ0n) is 5.31. The summed E-state index contributed by atoms with van der Waals surface area (Å²) in [6.07, 6.45) is 0. The van der Waals surface area contributed by atoms with Gasteiger partial charge in [-0.25, -0.2) is 4.98 Å². The molecule has 0 aliphatic carbocycles. The molecular weight excluding hydrogens is 245 g/mol. The van der Waals surface area contributed by atoms with Crippen molar-refractivity contribution in [3.05, 3.63) is 19.6 Å². The van der Waals surface area contributed by atoms with Gasteiger partial charge in [0.15, 0.2) is 0 Å². The van der Waals surface area contributed by atoms with E-state index in [2.05, 4.69) is 9.97 Å². The maximum Gasteiger partial charge on any atom is 0.265 e. The van der Waals surface area contributed by atoms with Crippen LogP contribution in [0, 0.1) is 10.5 Å². The molecule has 4 nitrogen and oxygen atoms in total. The topological polar surface area (TPSA) is 71.8 Å². The molecule has 0 unspecified atom stereocenters. The van der Waals surface area contributed by atoms with Gasteiger partial charge in [0.25, 0.3) is 5.56 Å². The number of halogens is 1. The number of nitrogens with one attached hydrogen (secondary N) is 1. The van der Waals surface area contributed by atoms with Crippen LogP contribution in [0.2, 0.25) is 0 Å².